The molecule has 0 radical (unpaired) electrons. The van der Waals surface area contributed by atoms with Crippen LogP contribution < -0.4 is 10.4 Å². The maximum Gasteiger partial charge on any atom is 0.306 e. The van der Waals surface area contributed by atoms with E-state index in [2.05, 4.69) is 0 Å². The lowest BCUT2D eigenvalue weighted by atomic mass is 9.98. The van der Waals surface area contributed by atoms with E-state index in [0.29, 0.717) is 6.42 Å². The van der Waals surface area contributed by atoms with E-state index < -0.39 is 25.2 Å². The van der Waals surface area contributed by atoms with Crippen LogP contribution in [0.5, 0.6) is 0 Å². The van der Waals surface area contributed by atoms with Gasteiger partial charge in [-0.15, -0.1) is 0 Å². The van der Waals surface area contributed by atoms with Gasteiger partial charge in [0.25, 0.3) is 8.32 Å². The van der Waals surface area contributed by atoms with E-state index in [0.717, 1.165) is 10.4 Å². The molecule has 23 heavy (non-hydrogen) atoms. The third-order valence-electron chi connectivity index (χ3n) is 4.60. The van der Waals surface area contributed by atoms with Gasteiger partial charge in [0.15, 0.2) is 0 Å². The van der Waals surface area contributed by atoms with Gasteiger partial charge in [-0.2, -0.15) is 0 Å². The molecule has 2 rings (SSSR count). The third kappa shape index (κ3) is 3.38. The Hall–Kier alpha value is -1.91. The lowest BCUT2D eigenvalue weighted by Gasteiger charge is -2.42. The number of carboxylic acids is 1. The molecule has 1 unspecified atom stereocenters. The topological polar surface area (TPSA) is 57.5 Å². The van der Waals surface area contributed by atoms with Gasteiger partial charge in [-0.3, -0.25) is 4.79 Å². The summed E-state index contributed by atoms with van der Waals surface area (Å²) in [4.78, 5) is 23.2. The molecule has 0 amide bonds. The fourth-order valence-electron chi connectivity index (χ4n) is 3.31. The fourth-order valence-corrected chi connectivity index (χ4v) is 7.15. The molecular weight excluding hydrogens is 304 g/mol. The number of carboxylic acid groups (broad SMARTS) is 1. The first kappa shape index (κ1) is 17.4. The average Bonchev–Trinajstić information content (AvgIpc) is 2.55. The molecule has 2 aromatic carbocycles. The summed E-state index contributed by atoms with van der Waals surface area (Å²) in [5.74, 6) is -1.33. The lowest BCUT2D eigenvalue weighted by Crippen LogP contribution is -2.65. The number of benzene rings is 2. The van der Waals surface area contributed by atoms with Gasteiger partial charge in [0.2, 0.25) is 0 Å². The van der Waals surface area contributed by atoms with E-state index in [4.69, 9.17) is 0 Å². The summed E-state index contributed by atoms with van der Waals surface area (Å²) in [6, 6.07) is 19.4. The van der Waals surface area contributed by atoms with Crippen molar-refractivity contribution in [2.24, 2.45) is 5.92 Å². The van der Waals surface area contributed by atoms with Crippen LogP contribution in [0.4, 0.5) is 0 Å². The van der Waals surface area contributed by atoms with Crippen molar-refractivity contribution in [3.05, 3.63) is 60.7 Å². The molecule has 0 saturated heterocycles. The molecule has 0 saturated carbocycles. The van der Waals surface area contributed by atoms with Gasteiger partial charge in [-0.1, -0.05) is 81.4 Å². The summed E-state index contributed by atoms with van der Waals surface area (Å²) in [5, 5.41) is 10.6. The van der Waals surface area contributed by atoms with Gasteiger partial charge >= 0.3 is 5.97 Å². The molecule has 0 aromatic heterocycles. The van der Waals surface area contributed by atoms with Crippen molar-refractivity contribution in [3.8, 4) is 0 Å². The Morgan fingerprint density at radius 2 is 1.39 bits per heavy atom. The zero-order chi connectivity index (χ0) is 17.1. The molecule has 2 N–H and O–H groups in total. The molecular formula is C19H24O3Si. The molecule has 122 valence electrons. The van der Waals surface area contributed by atoms with E-state index in [1.807, 2.05) is 74.5 Å². The molecule has 0 fully saturated rings. The summed E-state index contributed by atoms with van der Waals surface area (Å²) in [6.45, 7) is 5.67. The van der Waals surface area contributed by atoms with Crippen molar-refractivity contribution in [2.45, 2.75) is 32.2 Å². The number of rotatable bonds is 6. The smallest absolute Gasteiger partial charge is 0.306 e. The van der Waals surface area contributed by atoms with Crippen molar-refractivity contribution < 1.29 is 14.7 Å². The van der Waals surface area contributed by atoms with E-state index in [1.165, 1.54) is 0 Å². The molecule has 0 aliphatic rings. The Bertz CT molecular complexity index is 613. The fraction of sp³-hybridized carbons (Fsp3) is 0.316. The standard InChI is InChI=1S/C19H24O3Si/c1-15(18(20)21)14-19(2,3)23(22,16-10-6-4-7-11-16)17-12-8-5-9-13-17/h4-13,15,22H,14H2,1-3H3,(H,20,21). The normalized spacial score (nSPS) is 13.6. The SMILES string of the molecule is CC(CC(C)(C)[Si](O)(c1ccccc1)c1ccccc1)C(=O)O. The highest BCUT2D eigenvalue weighted by molar-refractivity contribution is 6.98. The predicted octanol–water partition coefficient (Wildman–Crippen LogP) is 2.63. The zero-order valence-electron chi connectivity index (χ0n) is 13.9. The van der Waals surface area contributed by atoms with Gasteiger partial charge in [0, 0.05) is 0 Å². The number of hydrogen-bond acceptors (Lipinski definition) is 2. The highest BCUT2D eigenvalue weighted by Gasteiger charge is 2.50. The Kier molecular flexibility index (Phi) is 5.07. The summed E-state index contributed by atoms with van der Waals surface area (Å²) in [6.07, 6.45) is 0.425. The number of hydrogen-bond donors (Lipinski definition) is 2. The largest absolute Gasteiger partial charge is 0.481 e. The van der Waals surface area contributed by atoms with Crippen LogP contribution in [0.15, 0.2) is 60.7 Å². The first-order chi connectivity index (χ1) is 10.8. The Morgan fingerprint density at radius 1 is 1.00 bits per heavy atom. The van der Waals surface area contributed by atoms with Crippen LogP contribution in [0.1, 0.15) is 27.2 Å². The highest BCUT2D eigenvalue weighted by atomic mass is 28.4. The van der Waals surface area contributed by atoms with Gasteiger partial charge in [0.05, 0.1) is 5.92 Å². The summed E-state index contributed by atoms with van der Waals surface area (Å²) < 4.78 is 0. The summed E-state index contributed by atoms with van der Waals surface area (Å²) in [7, 11) is -3.10. The molecule has 0 bridgehead atoms. The van der Waals surface area contributed by atoms with E-state index in [9.17, 15) is 14.7 Å². The zero-order valence-corrected chi connectivity index (χ0v) is 14.9. The number of carbonyl (C=O) groups is 1. The lowest BCUT2D eigenvalue weighted by molar-refractivity contribution is -0.141. The first-order valence-corrected chi connectivity index (χ1v) is 9.80. The monoisotopic (exact) mass is 328 g/mol. The second-order valence-electron chi connectivity index (χ2n) is 6.77. The van der Waals surface area contributed by atoms with E-state index in [-0.39, 0.29) is 0 Å². The number of aliphatic carboxylic acids is 1. The summed E-state index contributed by atoms with van der Waals surface area (Å²) >= 11 is 0. The van der Waals surface area contributed by atoms with Gasteiger partial charge in [0.1, 0.15) is 0 Å². The quantitative estimate of drug-likeness (QED) is 0.802. The van der Waals surface area contributed by atoms with E-state index >= 15 is 0 Å². The Morgan fingerprint density at radius 3 is 1.74 bits per heavy atom. The van der Waals surface area contributed by atoms with Gasteiger partial charge < -0.3 is 9.90 Å². The molecule has 4 heteroatoms. The first-order valence-electron chi connectivity index (χ1n) is 7.85. The molecule has 0 aliphatic carbocycles. The molecule has 2 aromatic rings. The Labute approximate surface area is 138 Å². The maximum atomic E-state index is 11.9. The third-order valence-corrected chi connectivity index (χ3v) is 9.10. The van der Waals surface area contributed by atoms with Crippen molar-refractivity contribution >= 4 is 24.7 Å². The second-order valence-corrected chi connectivity index (χ2v) is 10.7. The Balaban J connectivity index is 2.56. The minimum Gasteiger partial charge on any atom is -0.481 e. The van der Waals surface area contributed by atoms with Crippen molar-refractivity contribution in [1.29, 1.82) is 0 Å². The van der Waals surface area contributed by atoms with Crippen LogP contribution in [0.25, 0.3) is 0 Å². The maximum absolute atomic E-state index is 11.9. The van der Waals surface area contributed by atoms with Crippen LogP contribution >= 0.6 is 0 Å². The molecule has 3 nitrogen and oxygen atoms in total. The molecule has 1 atom stereocenters. The van der Waals surface area contributed by atoms with Crippen molar-refractivity contribution in [1.82, 2.24) is 0 Å². The van der Waals surface area contributed by atoms with Crippen molar-refractivity contribution in [2.75, 3.05) is 0 Å². The van der Waals surface area contributed by atoms with Gasteiger partial charge in [-0.25, -0.2) is 0 Å². The van der Waals surface area contributed by atoms with Crippen LogP contribution in [-0.4, -0.2) is 24.2 Å². The van der Waals surface area contributed by atoms with Crippen LogP contribution in [0.3, 0.4) is 0 Å². The van der Waals surface area contributed by atoms with Gasteiger partial charge in [-0.05, 0) is 21.8 Å². The van der Waals surface area contributed by atoms with Crippen LogP contribution in [0, 0.1) is 5.92 Å². The van der Waals surface area contributed by atoms with Crippen LogP contribution in [0.2, 0.25) is 5.04 Å². The molecule has 0 aliphatic heterocycles. The highest BCUT2D eigenvalue weighted by Crippen LogP contribution is 2.41. The summed E-state index contributed by atoms with van der Waals surface area (Å²) in [5.41, 5.74) is 0. The average molecular weight is 328 g/mol. The predicted molar refractivity (Wildman–Crippen MR) is 95.6 cm³/mol. The minimum atomic E-state index is -3.10. The van der Waals surface area contributed by atoms with Crippen LogP contribution in [-0.2, 0) is 4.79 Å². The molecule has 0 heterocycles. The van der Waals surface area contributed by atoms with Crippen molar-refractivity contribution in [3.63, 3.8) is 0 Å². The second kappa shape index (κ2) is 6.68. The minimum absolute atomic E-state index is 0.425. The molecule has 0 spiro atoms. The van der Waals surface area contributed by atoms with E-state index in [1.54, 1.807) is 6.92 Å².